The normalized spacial score (nSPS) is 9.38. The van der Waals surface area contributed by atoms with Gasteiger partial charge in [0.15, 0.2) is 0 Å². The van der Waals surface area contributed by atoms with E-state index in [1.165, 1.54) is 4.70 Å². The van der Waals surface area contributed by atoms with Gasteiger partial charge in [-0.1, -0.05) is 12.1 Å². The summed E-state index contributed by atoms with van der Waals surface area (Å²) < 4.78 is 1.26. The highest BCUT2D eigenvalue weighted by atomic mass is 32.1. The maximum atomic E-state index is 7.62. The Balaban J connectivity index is 0.000000184. The number of aromatic nitrogens is 1. The summed E-state index contributed by atoms with van der Waals surface area (Å²) in [4.78, 5) is 4.14. The zero-order valence-electron chi connectivity index (χ0n) is 7.05. The van der Waals surface area contributed by atoms with Gasteiger partial charge in [0, 0.05) is 0 Å². The Bertz CT molecular complexity index is 316. The number of rotatable bonds is 1. The summed E-state index contributed by atoms with van der Waals surface area (Å²) in [6.07, 6.45) is 0. The van der Waals surface area contributed by atoms with Crippen molar-refractivity contribution in [3.8, 4) is 0 Å². The van der Waals surface area contributed by atoms with E-state index < -0.39 is 0 Å². The predicted octanol–water partition coefficient (Wildman–Crippen LogP) is 1.27. The third kappa shape index (κ3) is 3.10. The fourth-order valence-corrected chi connectivity index (χ4v) is 1.48. The van der Waals surface area contributed by atoms with Gasteiger partial charge in [0.1, 0.15) is 0 Å². The molecule has 1 aromatic carbocycles. The summed E-state index contributed by atoms with van der Waals surface area (Å²) in [5.41, 5.74) is 2.97. The molecule has 1 heterocycles. The van der Waals surface area contributed by atoms with Gasteiger partial charge in [0.05, 0.1) is 28.9 Å². The van der Waals surface area contributed by atoms with Crippen LogP contribution in [0.3, 0.4) is 0 Å². The van der Waals surface area contributed by atoms with Crippen molar-refractivity contribution in [2.45, 2.75) is 0 Å². The van der Waals surface area contributed by atoms with E-state index in [0.29, 0.717) is 0 Å². The third-order valence-electron chi connectivity index (χ3n) is 1.34. The average molecular weight is 197 g/mol. The second-order valence-electron chi connectivity index (χ2n) is 2.27. The summed E-state index contributed by atoms with van der Waals surface area (Å²) in [7, 11) is 0. The van der Waals surface area contributed by atoms with Crippen molar-refractivity contribution in [1.29, 1.82) is 0 Å². The van der Waals surface area contributed by atoms with Gasteiger partial charge in [-0.25, -0.2) is 4.98 Å². The van der Waals surface area contributed by atoms with Crippen LogP contribution in [-0.4, -0.2) is 28.4 Å². The van der Waals surface area contributed by atoms with Gasteiger partial charge in [0.2, 0.25) is 0 Å². The molecule has 0 aliphatic carbocycles. The van der Waals surface area contributed by atoms with Crippen molar-refractivity contribution in [3.05, 3.63) is 29.8 Å². The first kappa shape index (κ1) is 10.1. The topological polar surface area (TPSA) is 53.4 Å². The molecule has 2 aromatic rings. The number of para-hydroxylation sites is 1. The zero-order chi connectivity index (χ0) is 9.52. The molecule has 0 amide bonds. The minimum atomic E-state index is -0.125. The maximum absolute atomic E-state index is 7.62. The number of thiazole rings is 1. The molecule has 4 heteroatoms. The molecule has 0 radical (unpaired) electrons. The lowest BCUT2D eigenvalue weighted by molar-refractivity contribution is 0.186. The number of fused-ring (bicyclic) bond motifs is 1. The summed E-state index contributed by atoms with van der Waals surface area (Å²) in [6, 6.07) is 8.13. The highest BCUT2D eigenvalue weighted by Gasteiger charge is 1.89. The van der Waals surface area contributed by atoms with Crippen molar-refractivity contribution < 1.29 is 10.2 Å². The minimum absolute atomic E-state index is 0.125. The minimum Gasteiger partial charge on any atom is -0.394 e. The molecule has 3 nitrogen and oxygen atoms in total. The van der Waals surface area contributed by atoms with Crippen LogP contribution in [0.5, 0.6) is 0 Å². The van der Waals surface area contributed by atoms with Crippen molar-refractivity contribution in [2.75, 3.05) is 13.2 Å². The Labute approximate surface area is 80.3 Å². The number of aliphatic hydroxyl groups is 2. The molecule has 2 rings (SSSR count). The van der Waals surface area contributed by atoms with Gasteiger partial charge in [-0.15, -0.1) is 11.3 Å². The molecular formula is C9H11NO2S. The molecule has 13 heavy (non-hydrogen) atoms. The second-order valence-corrected chi connectivity index (χ2v) is 3.15. The van der Waals surface area contributed by atoms with Gasteiger partial charge >= 0.3 is 0 Å². The molecule has 0 saturated carbocycles. The van der Waals surface area contributed by atoms with E-state index >= 15 is 0 Å². The molecule has 0 fully saturated rings. The molecule has 0 saturated heterocycles. The van der Waals surface area contributed by atoms with Gasteiger partial charge in [-0.2, -0.15) is 0 Å². The van der Waals surface area contributed by atoms with E-state index in [-0.39, 0.29) is 13.2 Å². The van der Waals surface area contributed by atoms with Crippen molar-refractivity contribution >= 4 is 21.6 Å². The van der Waals surface area contributed by atoms with Crippen molar-refractivity contribution in [1.82, 2.24) is 4.98 Å². The fraction of sp³-hybridized carbons (Fsp3) is 0.222. The Morgan fingerprint density at radius 3 is 2.46 bits per heavy atom. The maximum Gasteiger partial charge on any atom is 0.0812 e. The highest BCUT2D eigenvalue weighted by Crippen LogP contribution is 2.15. The number of hydrogen-bond donors (Lipinski definition) is 2. The Morgan fingerprint density at radius 2 is 1.85 bits per heavy atom. The Kier molecular flexibility index (Phi) is 4.39. The molecular weight excluding hydrogens is 186 g/mol. The van der Waals surface area contributed by atoms with Crippen LogP contribution in [0.15, 0.2) is 29.8 Å². The lowest BCUT2D eigenvalue weighted by Crippen LogP contribution is -1.85. The van der Waals surface area contributed by atoms with Gasteiger partial charge in [0.25, 0.3) is 0 Å². The first-order valence-corrected chi connectivity index (χ1v) is 4.76. The standard InChI is InChI=1S/C7H5NS.C2H6O2/c1-2-4-7-6(3-1)8-5-9-7;3-1-2-4/h1-5H;3-4H,1-2H2. The summed E-state index contributed by atoms with van der Waals surface area (Å²) in [5, 5.41) is 15.2. The Hall–Kier alpha value is -0.970. The first-order chi connectivity index (χ1) is 6.38. The van der Waals surface area contributed by atoms with Gasteiger partial charge in [-0.3, -0.25) is 0 Å². The fourth-order valence-electron chi connectivity index (χ4n) is 0.803. The number of nitrogens with zero attached hydrogens (tertiary/aromatic N) is 1. The number of hydrogen-bond acceptors (Lipinski definition) is 4. The van der Waals surface area contributed by atoms with Crippen LogP contribution in [0.25, 0.3) is 10.2 Å². The molecule has 70 valence electrons. The number of aliphatic hydroxyl groups excluding tert-OH is 2. The monoisotopic (exact) mass is 197 g/mol. The smallest absolute Gasteiger partial charge is 0.0812 e. The summed E-state index contributed by atoms with van der Waals surface area (Å²) in [6.45, 7) is -0.250. The average Bonchev–Trinajstić information content (AvgIpc) is 2.66. The van der Waals surface area contributed by atoms with Crippen LogP contribution in [0.2, 0.25) is 0 Å². The van der Waals surface area contributed by atoms with E-state index in [1.54, 1.807) is 11.3 Å². The molecule has 1 aromatic heterocycles. The van der Waals surface area contributed by atoms with Gasteiger partial charge in [-0.05, 0) is 12.1 Å². The highest BCUT2D eigenvalue weighted by molar-refractivity contribution is 7.16. The van der Waals surface area contributed by atoms with Crippen LogP contribution in [0, 0.1) is 0 Å². The predicted molar refractivity (Wildman–Crippen MR) is 53.8 cm³/mol. The molecule has 0 unspecified atom stereocenters. The van der Waals surface area contributed by atoms with E-state index in [0.717, 1.165) is 5.52 Å². The van der Waals surface area contributed by atoms with Crippen LogP contribution in [-0.2, 0) is 0 Å². The summed E-state index contributed by atoms with van der Waals surface area (Å²) >= 11 is 1.68. The summed E-state index contributed by atoms with van der Waals surface area (Å²) in [5.74, 6) is 0. The Morgan fingerprint density at radius 1 is 1.15 bits per heavy atom. The lowest BCUT2D eigenvalue weighted by atomic mass is 10.3. The lowest BCUT2D eigenvalue weighted by Gasteiger charge is -1.80. The second kappa shape index (κ2) is 5.64. The van der Waals surface area contributed by atoms with Gasteiger partial charge < -0.3 is 10.2 Å². The molecule has 0 spiro atoms. The van der Waals surface area contributed by atoms with E-state index in [1.807, 2.05) is 23.7 Å². The van der Waals surface area contributed by atoms with Crippen molar-refractivity contribution in [3.63, 3.8) is 0 Å². The van der Waals surface area contributed by atoms with Crippen LogP contribution >= 0.6 is 11.3 Å². The zero-order valence-corrected chi connectivity index (χ0v) is 7.87. The van der Waals surface area contributed by atoms with E-state index in [2.05, 4.69) is 11.1 Å². The van der Waals surface area contributed by atoms with Crippen LogP contribution < -0.4 is 0 Å². The molecule has 2 N–H and O–H groups in total. The van der Waals surface area contributed by atoms with E-state index in [9.17, 15) is 0 Å². The largest absolute Gasteiger partial charge is 0.394 e. The molecule has 0 aliphatic heterocycles. The van der Waals surface area contributed by atoms with Crippen LogP contribution in [0.4, 0.5) is 0 Å². The molecule has 0 aliphatic rings. The molecule has 0 atom stereocenters. The van der Waals surface area contributed by atoms with Crippen LogP contribution in [0.1, 0.15) is 0 Å². The molecule has 0 bridgehead atoms. The van der Waals surface area contributed by atoms with Crippen molar-refractivity contribution in [2.24, 2.45) is 0 Å². The number of benzene rings is 1. The SMILES string of the molecule is OCCO.c1ccc2scnc2c1. The quantitative estimate of drug-likeness (QED) is 0.723. The first-order valence-electron chi connectivity index (χ1n) is 3.88. The van der Waals surface area contributed by atoms with E-state index in [4.69, 9.17) is 10.2 Å². The third-order valence-corrected chi connectivity index (χ3v) is 2.15.